The molecule has 10 aromatic rings. The summed E-state index contributed by atoms with van der Waals surface area (Å²) in [5.41, 5.74) is 9.92. The van der Waals surface area contributed by atoms with Crippen LogP contribution in [0, 0.1) is 18.3 Å². The van der Waals surface area contributed by atoms with E-state index in [2.05, 4.69) is 88.0 Å². The van der Waals surface area contributed by atoms with Crippen LogP contribution in [0.4, 0.5) is 13.2 Å². The molecule has 0 aliphatic rings. The Kier molecular flexibility index (Phi) is 7.88. The van der Waals surface area contributed by atoms with Gasteiger partial charge in [0, 0.05) is 27.1 Å². The molecule has 0 bridgehead atoms. The van der Waals surface area contributed by atoms with Gasteiger partial charge in [-0.3, -0.25) is 0 Å². The number of hydrogen-bond donors (Lipinski definition) is 0. The van der Waals surface area contributed by atoms with Crippen LogP contribution in [-0.2, 0) is 6.18 Å². The van der Waals surface area contributed by atoms with Crippen molar-refractivity contribution in [3.8, 4) is 50.8 Å². The normalized spacial score (nSPS) is 11.8. The predicted octanol–water partition coefficient (Wildman–Crippen LogP) is 14.1. The van der Waals surface area contributed by atoms with Crippen molar-refractivity contribution < 1.29 is 13.2 Å². The van der Waals surface area contributed by atoms with E-state index in [9.17, 15) is 18.4 Å². The summed E-state index contributed by atoms with van der Waals surface area (Å²) >= 11 is 0. The van der Waals surface area contributed by atoms with Gasteiger partial charge < -0.3 is 9.13 Å². The van der Waals surface area contributed by atoms with Gasteiger partial charge in [0.05, 0.1) is 44.6 Å². The van der Waals surface area contributed by atoms with E-state index < -0.39 is 11.7 Å². The van der Waals surface area contributed by atoms with Gasteiger partial charge in [-0.25, -0.2) is 0 Å². The number of rotatable bonds is 5. The molecule has 6 heteroatoms. The average molecular weight is 744 g/mol. The SMILES string of the molecule is Cc1cc(-c2cc(-n3c4ccccc4c4ccc(-c5ccccc5)cc43)c(C#N)cc2-n2c3ccccc3c3ccc(-c4ccccc4)cc32)cc(C(F)(F)F)c1. The van der Waals surface area contributed by atoms with Gasteiger partial charge in [0.15, 0.2) is 0 Å². The third kappa shape index (κ3) is 5.67. The van der Waals surface area contributed by atoms with E-state index in [1.807, 2.05) is 84.9 Å². The van der Waals surface area contributed by atoms with E-state index in [0.717, 1.165) is 65.9 Å². The van der Waals surface area contributed by atoms with Crippen LogP contribution in [0.15, 0.2) is 176 Å². The standard InChI is InChI=1S/C51H32F3N3/c1-32-24-37(26-39(25-32)51(52,53)54)44-30-47(56-45-18-10-8-16-40(45)42-22-20-35(27-48(42)56)33-12-4-2-5-13-33)38(31-55)29-50(44)57-46-19-11-9-17-41(46)43-23-21-36(28-49(43)57)34-14-6-3-7-15-34/h2-30H,1H3. The highest BCUT2D eigenvalue weighted by Gasteiger charge is 2.32. The zero-order chi connectivity index (χ0) is 38.8. The van der Waals surface area contributed by atoms with Crippen LogP contribution in [-0.4, -0.2) is 9.13 Å². The number of aryl methyl sites for hydroxylation is 1. The molecule has 0 amide bonds. The molecule has 8 aromatic carbocycles. The molecule has 0 N–H and O–H groups in total. The summed E-state index contributed by atoms with van der Waals surface area (Å²) in [4.78, 5) is 0. The molecular weight excluding hydrogens is 712 g/mol. The monoisotopic (exact) mass is 743 g/mol. The van der Waals surface area contributed by atoms with Gasteiger partial charge in [0.1, 0.15) is 6.07 Å². The smallest absolute Gasteiger partial charge is 0.309 e. The molecule has 0 saturated carbocycles. The highest BCUT2D eigenvalue weighted by molar-refractivity contribution is 6.12. The summed E-state index contributed by atoms with van der Waals surface area (Å²) in [6.07, 6.45) is -4.56. The fourth-order valence-corrected chi connectivity index (χ4v) is 8.45. The first-order chi connectivity index (χ1) is 27.8. The van der Waals surface area contributed by atoms with Crippen molar-refractivity contribution in [3.63, 3.8) is 0 Å². The van der Waals surface area contributed by atoms with Gasteiger partial charge in [0.25, 0.3) is 0 Å². The summed E-state index contributed by atoms with van der Waals surface area (Å²) in [6.45, 7) is 1.69. The molecular formula is C51H32F3N3. The number of benzene rings is 8. The van der Waals surface area contributed by atoms with Gasteiger partial charge in [-0.15, -0.1) is 0 Å². The molecule has 2 aromatic heterocycles. The fourth-order valence-electron chi connectivity index (χ4n) is 8.45. The van der Waals surface area contributed by atoms with Crippen LogP contribution < -0.4 is 0 Å². The van der Waals surface area contributed by atoms with Crippen molar-refractivity contribution in [1.82, 2.24) is 9.13 Å². The summed E-state index contributed by atoms with van der Waals surface area (Å²) < 4.78 is 47.9. The maximum absolute atomic E-state index is 14.6. The number of hydrogen-bond acceptors (Lipinski definition) is 1. The van der Waals surface area contributed by atoms with E-state index in [0.29, 0.717) is 33.6 Å². The zero-order valence-corrected chi connectivity index (χ0v) is 30.7. The van der Waals surface area contributed by atoms with Crippen LogP contribution in [0.1, 0.15) is 16.7 Å². The lowest BCUT2D eigenvalue weighted by molar-refractivity contribution is -0.137. The topological polar surface area (TPSA) is 33.6 Å². The van der Waals surface area contributed by atoms with Crippen molar-refractivity contribution in [2.75, 3.05) is 0 Å². The summed E-state index contributed by atoms with van der Waals surface area (Å²) in [5, 5.41) is 15.1. The van der Waals surface area contributed by atoms with E-state index in [4.69, 9.17) is 0 Å². The molecule has 0 saturated heterocycles. The Balaban J connectivity index is 1.34. The second-order valence-electron chi connectivity index (χ2n) is 14.5. The number of nitrogens with zero attached hydrogens (tertiary/aromatic N) is 3. The molecule has 0 fully saturated rings. The molecule has 3 nitrogen and oxygen atoms in total. The van der Waals surface area contributed by atoms with Gasteiger partial charge in [-0.05, 0) is 88.8 Å². The zero-order valence-electron chi connectivity index (χ0n) is 30.7. The lowest BCUT2D eigenvalue weighted by atomic mass is 9.95. The van der Waals surface area contributed by atoms with Gasteiger partial charge in [-0.1, -0.05) is 127 Å². The largest absolute Gasteiger partial charge is 0.416 e. The molecule has 0 radical (unpaired) electrons. The maximum Gasteiger partial charge on any atom is 0.416 e. The van der Waals surface area contributed by atoms with Crippen LogP contribution in [0.5, 0.6) is 0 Å². The minimum atomic E-state index is -4.56. The number of alkyl halides is 3. The number of para-hydroxylation sites is 2. The molecule has 57 heavy (non-hydrogen) atoms. The second-order valence-corrected chi connectivity index (χ2v) is 14.5. The molecule has 0 aliphatic carbocycles. The first-order valence-electron chi connectivity index (χ1n) is 18.7. The Morgan fingerprint density at radius 2 is 0.930 bits per heavy atom. The first kappa shape index (κ1) is 34.2. The lowest BCUT2D eigenvalue weighted by Gasteiger charge is -2.20. The molecule has 2 heterocycles. The number of halogens is 3. The van der Waals surface area contributed by atoms with Gasteiger partial charge in [0.2, 0.25) is 0 Å². The molecule has 0 spiro atoms. The average Bonchev–Trinajstić information content (AvgIpc) is 3.75. The van der Waals surface area contributed by atoms with E-state index in [1.54, 1.807) is 13.0 Å². The molecule has 272 valence electrons. The Morgan fingerprint density at radius 1 is 0.439 bits per heavy atom. The van der Waals surface area contributed by atoms with E-state index >= 15 is 0 Å². The quantitative estimate of drug-likeness (QED) is 0.173. The molecule has 0 aliphatic heterocycles. The second kappa shape index (κ2) is 13.1. The Morgan fingerprint density at radius 3 is 1.46 bits per heavy atom. The molecule has 0 atom stereocenters. The van der Waals surface area contributed by atoms with Crippen molar-refractivity contribution >= 4 is 43.6 Å². The maximum atomic E-state index is 14.6. The van der Waals surface area contributed by atoms with Crippen LogP contribution >= 0.6 is 0 Å². The van der Waals surface area contributed by atoms with Crippen molar-refractivity contribution in [2.24, 2.45) is 0 Å². The van der Waals surface area contributed by atoms with Crippen molar-refractivity contribution in [2.45, 2.75) is 13.1 Å². The summed E-state index contributed by atoms with van der Waals surface area (Å²) in [5.74, 6) is 0. The fraction of sp³-hybridized carbons (Fsp3) is 0.0392. The summed E-state index contributed by atoms with van der Waals surface area (Å²) in [6, 6.07) is 59.4. The van der Waals surface area contributed by atoms with Gasteiger partial charge in [-0.2, -0.15) is 18.4 Å². The van der Waals surface area contributed by atoms with Crippen molar-refractivity contribution in [3.05, 3.63) is 193 Å². The summed E-state index contributed by atoms with van der Waals surface area (Å²) in [7, 11) is 0. The number of fused-ring (bicyclic) bond motifs is 6. The van der Waals surface area contributed by atoms with Crippen LogP contribution in [0.25, 0.3) is 88.4 Å². The van der Waals surface area contributed by atoms with Crippen molar-refractivity contribution in [1.29, 1.82) is 5.26 Å². The lowest BCUT2D eigenvalue weighted by Crippen LogP contribution is -2.07. The Labute approximate surface area is 326 Å². The highest BCUT2D eigenvalue weighted by atomic mass is 19.4. The van der Waals surface area contributed by atoms with E-state index in [1.165, 1.54) is 12.1 Å². The highest BCUT2D eigenvalue weighted by Crippen LogP contribution is 2.43. The number of nitriles is 1. The minimum absolute atomic E-state index is 0.385. The molecule has 0 unspecified atom stereocenters. The third-order valence-electron chi connectivity index (χ3n) is 11.0. The van der Waals surface area contributed by atoms with E-state index in [-0.39, 0.29) is 0 Å². The van der Waals surface area contributed by atoms with Gasteiger partial charge >= 0.3 is 6.18 Å². The Hall–Kier alpha value is -7.36. The van der Waals surface area contributed by atoms with Crippen LogP contribution in [0.3, 0.4) is 0 Å². The predicted molar refractivity (Wildman–Crippen MR) is 226 cm³/mol. The first-order valence-corrected chi connectivity index (χ1v) is 18.7. The third-order valence-corrected chi connectivity index (χ3v) is 11.0. The Bertz CT molecular complexity index is 3240. The molecule has 10 rings (SSSR count). The number of aromatic nitrogens is 2. The minimum Gasteiger partial charge on any atom is -0.309 e. The van der Waals surface area contributed by atoms with Crippen LogP contribution in [0.2, 0.25) is 0 Å².